The Labute approximate surface area is 202 Å². The van der Waals surface area contributed by atoms with Crippen molar-refractivity contribution >= 4 is 40.6 Å². The number of hydrogen-bond acceptors (Lipinski definition) is 5. The van der Waals surface area contributed by atoms with Crippen molar-refractivity contribution < 1.29 is 14.3 Å². The van der Waals surface area contributed by atoms with Crippen LogP contribution in [0.1, 0.15) is 16.7 Å². The molecule has 0 aliphatic carbocycles. The van der Waals surface area contributed by atoms with Crippen LogP contribution in [-0.4, -0.2) is 43.1 Å². The lowest BCUT2D eigenvalue weighted by Gasteiger charge is -2.19. The first-order chi connectivity index (χ1) is 16.0. The summed E-state index contributed by atoms with van der Waals surface area (Å²) < 4.78 is 5.82. The Kier molecular flexibility index (Phi) is 7.65. The largest absolute Gasteiger partial charge is 0.414 e. The molecule has 0 saturated heterocycles. The van der Waals surface area contributed by atoms with E-state index in [0.29, 0.717) is 15.8 Å². The average Bonchev–Trinajstić information content (AvgIpc) is 3.11. The number of amides is 2. The van der Waals surface area contributed by atoms with Crippen LogP contribution in [0.5, 0.6) is 5.06 Å². The number of fused-ring (bicyclic) bond motifs is 1. The van der Waals surface area contributed by atoms with Crippen LogP contribution in [0.15, 0.2) is 60.7 Å². The molecule has 2 amide bonds. The molecule has 0 bridgehead atoms. The summed E-state index contributed by atoms with van der Waals surface area (Å²) in [5.41, 5.74) is 4.22. The predicted molar refractivity (Wildman–Crippen MR) is 132 cm³/mol. The molecule has 172 valence electrons. The van der Waals surface area contributed by atoms with Gasteiger partial charge in [-0.25, -0.2) is 4.79 Å². The highest BCUT2D eigenvalue weighted by molar-refractivity contribution is 7.17. The highest BCUT2D eigenvalue weighted by Crippen LogP contribution is 2.28. The van der Waals surface area contributed by atoms with Gasteiger partial charge in [-0.3, -0.25) is 4.79 Å². The number of benzene rings is 2. The fourth-order valence-electron chi connectivity index (χ4n) is 3.82. The molecule has 0 spiro atoms. The van der Waals surface area contributed by atoms with Gasteiger partial charge in [0.25, 0.3) is 0 Å². The summed E-state index contributed by atoms with van der Waals surface area (Å²) in [6.07, 6.45) is 1.57. The third-order valence-corrected chi connectivity index (χ3v) is 6.74. The van der Waals surface area contributed by atoms with E-state index in [9.17, 15) is 9.59 Å². The molecule has 2 N–H and O–H groups in total. The highest BCUT2D eigenvalue weighted by Gasteiger charge is 2.23. The van der Waals surface area contributed by atoms with Gasteiger partial charge in [-0.15, -0.1) is 0 Å². The number of thiophene rings is 1. The van der Waals surface area contributed by atoms with Crippen LogP contribution >= 0.6 is 22.9 Å². The van der Waals surface area contributed by atoms with Gasteiger partial charge in [-0.05, 0) is 60.8 Å². The van der Waals surface area contributed by atoms with Gasteiger partial charge >= 0.3 is 6.09 Å². The molecule has 0 radical (unpaired) electrons. The summed E-state index contributed by atoms with van der Waals surface area (Å²) in [6, 6.07) is 18.1. The molecule has 0 fully saturated rings. The van der Waals surface area contributed by atoms with E-state index in [0.717, 1.165) is 48.5 Å². The molecular formula is C25H26ClN3O3S. The maximum atomic E-state index is 13.2. The molecule has 3 aromatic rings. The molecule has 33 heavy (non-hydrogen) atoms. The molecule has 2 heterocycles. The maximum absolute atomic E-state index is 13.2. The van der Waals surface area contributed by atoms with Gasteiger partial charge in [0.15, 0.2) is 5.06 Å². The Morgan fingerprint density at radius 1 is 1.06 bits per heavy atom. The first-order valence-corrected chi connectivity index (χ1v) is 12.0. The van der Waals surface area contributed by atoms with E-state index < -0.39 is 12.1 Å². The lowest BCUT2D eigenvalue weighted by Crippen LogP contribution is -2.46. The van der Waals surface area contributed by atoms with E-state index >= 15 is 0 Å². The summed E-state index contributed by atoms with van der Waals surface area (Å²) >= 11 is 7.06. The van der Waals surface area contributed by atoms with Gasteiger partial charge in [0.2, 0.25) is 5.91 Å². The average molecular weight is 484 g/mol. The molecular weight excluding hydrogens is 458 g/mol. The van der Waals surface area contributed by atoms with Gasteiger partial charge < -0.3 is 20.3 Å². The van der Waals surface area contributed by atoms with Crippen molar-refractivity contribution in [1.29, 1.82) is 0 Å². The number of anilines is 1. The molecule has 0 saturated carbocycles. The number of carbonyl (C=O) groups excluding carboxylic acids is 2. The zero-order chi connectivity index (χ0) is 23.2. The van der Waals surface area contributed by atoms with Crippen molar-refractivity contribution in [2.45, 2.75) is 25.3 Å². The predicted octanol–water partition coefficient (Wildman–Crippen LogP) is 4.77. The SMILES string of the molecule is CN1CCc2ccc(NC(=O)[C@@H](Cc3ccccc3)NC(=O)Oc3ccc(Cl)s3)cc2CC1. The second-order valence-electron chi connectivity index (χ2n) is 8.11. The second-order valence-corrected chi connectivity index (χ2v) is 9.79. The summed E-state index contributed by atoms with van der Waals surface area (Å²) in [5, 5.41) is 6.05. The Balaban J connectivity index is 1.47. The zero-order valence-corrected chi connectivity index (χ0v) is 19.9. The van der Waals surface area contributed by atoms with Crippen molar-refractivity contribution in [1.82, 2.24) is 10.2 Å². The van der Waals surface area contributed by atoms with E-state index in [2.05, 4.69) is 28.6 Å². The molecule has 8 heteroatoms. The van der Waals surface area contributed by atoms with Crippen molar-refractivity contribution in [2.75, 3.05) is 25.5 Å². The van der Waals surface area contributed by atoms with E-state index in [-0.39, 0.29) is 5.91 Å². The first-order valence-electron chi connectivity index (χ1n) is 10.8. The number of ether oxygens (including phenoxy) is 1. The minimum absolute atomic E-state index is 0.300. The normalized spacial score (nSPS) is 14.6. The van der Waals surface area contributed by atoms with E-state index in [4.69, 9.17) is 16.3 Å². The van der Waals surface area contributed by atoms with Crippen LogP contribution in [0.2, 0.25) is 4.34 Å². The first kappa shape index (κ1) is 23.3. The van der Waals surface area contributed by atoms with Gasteiger partial charge in [-0.1, -0.05) is 59.3 Å². The Morgan fingerprint density at radius 2 is 1.82 bits per heavy atom. The third kappa shape index (κ3) is 6.57. The number of hydrogen-bond donors (Lipinski definition) is 2. The smallest absolute Gasteiger partial charge is 0.399 e. The highest BCUT2D eigenvalue weighted by atomic mass is 35.5. The summed E-state index contributed by atoms with van der Waals surface area (Å²) in [7, 11) is 2.12. The summed E-state index contributed by atoms with van der Waals surface area (Å²) in [4.78, 5) is 28.0. The minimum atomic E-state index is -0.805. The monoisotopic (exact) mass is 483 g/mol. The Hall–Kier alpha value is -2.87. The standard InChI is InChI=1S/C25H26ClN3O3S/c1-29-13-11-18-7-8-20(16-19(18)12-14-29)27-24(30)21(15-17-5-3-2-4-6-17)28-25(31)32-23-10-9-22(26)33-23/h2-10,16,21H,11-15H2,1H3,(H,27,30)(H,28,31)/t21-/m1/s1. The molecule has 1 atom stereocenters. The van der Waals surface area contributed by atoms with Crippen molar-refractivity contribution in [3.63, 3.8) is 0 Å². The van der Waals surface area contributed by atoms with Crippen LogP contribution in [0.4, 0.5) is 10.5 Å². The molecule has 6 nitrogen and oxygen atoms in total. The summed E-state index contributed by atoms with van der Waals surface area (Å²) in [5.74, 6) is -0.300. The molecule has 4 rings (SSSR count). The van der Waals surface area contributed by atoms with Gasteiger partial charge in [0, 0.05) is 25.2 Å². The van der Waals surface area contributed by atoms with Crippen molar-refractivity contribution in [3.8, 4) is 5.06 Å². The lowest BCUT2D eigenvalue weighted by atomic mass is 10.0. The molecule has 1 aromatic heterocycles. The van der Waals surface area contributed by atoms with Crippen molar-refractivity contribution in [3.05, 3.63) is 81.7 Å². The number of carbonyl (C=O) groups is 2. The van der Waals surface area contributed by atoms with Crippen molar-refractivity contribution in [2.24, 2.45) is 0 Å². The number of nitrogens with one attached hydrogen (secondary N) is 2. The third-order valence-electron chi connectivity index (χ3n) is 5.63. The quantitative estimate of drug-likeness (QED) is 0.529. The second kappa shape index (κ2) is 10.8. The summed E-state index contributed by atoms with van der Waals surface area (Å²) in [6.45, 7) is 2.01. The number of nitrogens with zero attached hydrogens (tertiary/aromatic N) is 1. The molecule has 2 aromatic carbocycles. The fraction of sp³-hybridized carbons (Fsp3) is 0.280. The van der Waals surface area contributed by atoms with Crippen LogP contribution in [0, 0.1) is 0 Å². The number of likely N-dealkylation sites (N-methyl/N-ethyl adjacent to an activating group) is 1. The van der Waals surface area contributed by atoms with Gasteiger partial charge in [0.05, 0.1) is 4.34 Å². The molecule has 0 unspecified atom stereocenters. The fourth-order valence-corrected chi connectivity index (χ4v) is 4.69. The maximum Gasteiger partial charge on any atom is 0.414 e. The van der Waals surface area contributed by atoms with E-state index in [1.165, 1.54) is 11.1 Å². The van der Waals surface area contributed by atoms with E-state index in [1.54, 1.807) is 12.1 Å². The van der Waals surface area contributed by atoms with Crippen LogP contribution < -0.4 is 15.4 Å². The molecule has 1 aliphatic rings. The Morgan fingerprint density at radius 3 is 2.55 bits per heavy atom. The van der Waals surface area contributed by atoms with Crippen LogP contribution in [-0.2, 0) is 24.1 Å². The topological polar surface area (TPSA) is 70.7 Å². The van der Waals surface area contributed by atoms with Gasteiger partial charge in [-0.2, -0.15) is 0 Å². The van der Waals surface area contributed by atoms with Crippen LogP contribution in [0.25, 0.3) is 0 Å². The van der Waals surface area contributed by atoms with E-state index in [1.807, 2.05) is 42.5 Å². The minimum Gasteiger partial charge on any atom is -0.399 e. The number of rotatable bonds is 6. The van der Waals surface area contributed by atoms with Crippen LogP contribution in [0.3, 0.4) is 0 Å². The number of halogens is 1. The Bertz CT molecular complexity index is 1120. The molecule has 1 aliphatic heterocycles. The lowest BCUT2D eigenvalue weighted by molar-refractivity contribution is -0.118. The zero-order valence-electron chi connectivity index (χ0n) is 18.3. The van der Waals surface area contributed by atoms with Gasteiger partial charge in [0.1, 0.15) is 6.04 Å².